The minimum absolute atomic E-state index is 0.0885. The fraction of sp³-hybridized carbons (Fsp3) is 0.741. The standard InChI is InChI=1S/C58H100O6/c1-4-7-10-13-16-19-22-25-27-29-31-33-36-39-42-45-48-51-57(60)63-54-55(53-62-56(59)50-47-44-41-38-35-32-24-21-18-15-12-9-6-3)64-58(61)52-49-46-43-40-37-34-30-28-26-23-20-17-14-11-8-5-2/h7,9-10,12,16,18-19,21,25,27,32,35,55H,4-6,8,11,13-15,17,20,22-24,26,28-31,33-34,36-54H2,1-3H3/b10-7-,12-9-,19-16-,21-18-,27-25-,35-32-. The van der Waals surface area contributed by atoms with Crippen LogP contribution in [0.15, 0.2) is 72.9 Å². The van der Waals surface area contributed by atoms with Crippen molar-refractivity contribution < 1.29 is 28.6 Å². The molecule has 1 unspecified atom stereocenters. The molecule has 64 heavy (non-hydrogen) atoms. The van der Waals surface area contributed by atoms with Crippen LogP contribution in [-0.4, -0.2) is 37.2 Å². The van der Waals surface area contributed by atoms with Crippen LogP contribution in [0.25, 0.3) is 0 Å². The van der Waals surface area contributed by atoms with Crippen molar-refractivity contribution in [3.05, 3.63) is 72.9 Å². The van der Waals surface area contributed by atoms with Gasteiger partial charge >= 0.3 is 17.9 Å². The molecule has 0 heterocycles. The lowest BCUT2D eigenvalue weighted by molar-refractivity contribution is -0.167. The van der Waals surface area contributed by atoms with Crippen LogP contribution in [-0.2, 0) is 28.6 Å². The van der Waals surface area contributed by atoms with Gasteiger partial charge in [-0.2, -0.15) is 0 Å². The number of carbonyl (C=O) groups is 3. The topological polar surface area (TPSA) is 78.9 Å². The van der Waals surface area contributed by atoms with Crippen LogP contribution in [0.5, 0.6) is 0 Å². The smallest absolute Gasteiger partial charge is 0.306 e. The highest BCUT2D eigenvalue weighted by molar-refractivity contribution is 5.71. The molecule has 1 atom stereocenters. The Morgan fingerprint density at radius 2 is 0.609 bits per heavy atom. The molecule has 0 aromatic heterocycles. The maximum absolute atomic E-state index is 12.8. The van der Waals surface area contributed by atoms with Gasteiger partial charge in [0.05, 0.1) is 0 Å². The second-order valence-electron chi connectivity index (χ2n) is 17.7. The quantitative estimate of drug-likeness (QED) is 0.0262. The first-order chi connectivity index (χ1) is 31.5. The third-order valence-electron chi connectivity index (χ3n) is 11.5. The molecule has 6 nitrogen and oxygen atoms in total. The number of esters is 3. The number of hydrogen-bond acceptors (Lipinski definition) is 6. The van der Waals surface area contributed by atoms with E-state index in [0.29, 0.717) is 19.3 Å². The monoisotopic (exact) mass is 893 g/mol. The SMILES string of the molecule is CC/C=C\C/C=C\C/C=C\CCCCCCCCCC(=O)OCC(COC(=O)CCCCC/C=C\C/C=C\C/C=C\CC)OC(=O)CCCCCCCCCCCCCCCCCC. The van der Waals surface area contributed by atoms with Crippen LogP contribution in [0, 0.1) is 0 Å². The lowest BCUT2D eigenvalue weighted by Crippen LogP contribution is -2.30. The zero-order chi connectivity index (χ0) is 46.5. The molecule has 368 valence electrons. The third kappa shape index (κ3) is 49.9. The summed E-state index contributed by atoms with van der Waals surface area (Å²) in [5, 5.41) is 0. The van der Waals surface area contributed by atoms with Gasteiger partial charge in [0.15, 0.2) is 6.10 Å². The van der Waals surface area contributed by atoms with Gasteiger partial charge in [0.25, 0.3) is 0 Å². The predicted molar refractivity (Wildman–Crippen MR) is 274 cm³/mol. The molecule has 0 N–H and O–H groups in total. The van der Waals surface area contributed by atoms with Crippen molar-refractivity contribution in [1.82, 2.24) is 0 Å². The Hall–Kier alpha value is -3.15. The summed E-state index contributed by atoms with van der Waals surface area (Å²) < 4.78 is 16.8. The summed E-state index contributed by atoms with van der Waals surface area (Å²) in [6, 6.07) is 0. The van der Waals surface area contributed by atoms with Crippen molar-refractivity contribution in [2.75, 3.05) is 13.2 Å². The molecule has 0 bridgehead atoms. The molecule has 6 heteroatoms. The fourth-order valence-electron chi connectivity index (χ4n) is 7.47. The average molecular weight is 893 g/mol. The van der Waals surface area contributed by atoms with E-state index in [2.05, 4.69) is 93.7 Å². The summed E-state index contributed by atoms with van der Waals surface area (Å²) >= 11 is 0. The van der Waals surface area contributed by atoms with E-state index in [1.54, 1.807) is 0 Å². The normalized spacial score (nSPS) is 12.6. The van der Waals surface area contributed by atoms with Gasteiger partial charge in [-0.05, 0) is 83.5 Å². The highest BCUT2D eigenvalue weighted by atomic mass is 16.6. The van der Waals surface area contributed by atoms with Gasteiger partial charge < -0.3 is 14.2 Å². The Labute approximate surface area is 395 Å². The van der Waals surface area contributed by atoms with Crippen molar-refractivity contribution in [3.8, 4) is 0 Å². The summed E-state index contributed by atoms with van der Waals surface area (Å²) in [5.74, 6) is -0.921. The molecule has 0 amide bonds. The van der Waals surface area contributed by atoms with Gasteiger partial charge in [0.1, 0.15) is 13.2 Å². The largest absolute Gasteiger partial charge is 0.462 e. The average Bonchev–Trinajstić information content (AvgIpc) is 3.29. The van der Waals surface area contributed by atoms with Gasteiger partial charge in [0, 0.05) is 19.3 Å². The van der Waals surface area contributed by atoms with Crippen LogP contribution in [0.2, 0.25) is 0 Å². The number of carbonyl (C=O) groups excluding carboxylic acids is 3. The van der Waals surface area contributed by atoms with Gasteiger partial charge in [-0.15, -0.1) is 0 Å². The van der Waals surface area contributed by atoms with E-state index in [1.807, 2.05) is 0 Å². The lowest BCUT2D eigenvalue weighted by Gasteiger charge is -2.18. The predicted octanol–water partition coefficient (Wildman–Crippen LogP) is 17.8. The number of rotatable bonds is 48. The fourth-order valence-corrected chi connectivity index (χ4v) is 7.47. The minimum Gasteiger partial charge on any atom is -0.462 e. The van der Waals surface area contributed by atoms with E-state index in [9.17, 15) is 14.4 Å². The zero-order valence-corrected chi connectivity index (χ0v) is 42.0. The second kappa shape index (κ2) is 52.5. The summed E-state index contributed by atoms with van der Waals surface area (Å²) in [7, 11) is 0. The molecule has 0 rings (SSSR count). The van der Waals surface area contributed by atoms with E-state index in [4.69, 9.17) is 14.2 Å². The van der Waals surface area contributed by atoms with Crippen molar-refractivity contribution in [3.63, 3.8) is 0 Å². The Balaban J connectivity index is 4.40. The first-order valence-electron chi connectivity index (χ1n) is 26.9. The Bertz CT molecular complexity index is 1210. The summed E-state index contributed by atoms with van der Waals surface area (Å²) in [4.78, 5) is 38.0. The van der Waals surface area contributed by atoms with Crippen LogP contribution < -0.4 is 0 Å². The molecule has 0 radical (unpaired) electrons. The summed E-state index contributed by atoms with van der Waals surface area (Å²) in [6.45, 7) is 6.40. The van der Waals surface area contributed by atoms with Crippen molar-refractivity contribution in [1.29, 1.82) is 0 Å². The highest BCUT2D eigenvalue weighted by Crippen LogP contribution is 2.16. The Morgan fingerprint density at radius 1 is 0.328 bits per heavy atom. The maximum Gasteiger partial charge on any atom is 0.306 e. The van der Waals surface area contributed by atoms with E-state index >= 15 is 0 Å². The van der Waals surface area contributed by atoms with Crippen LogP contribution in [0.3, 0.4) is 0 Å². The number of hydrogen-bond donors (Lipinski definition) is 0. The number of unbranched alkanes of at least 4 members (excludes halogenated alkanes) is 25. The second-order valence-corrected chi connectivity index (χ2v) is 17.7. The molecule has 0 spiro atoms. The van der Waals surface area contributed by atoms with Crippen molar-refractivity contribution in [2.24, 2.45) is 0 Å². The number of ether oxygens (including phenoxy) is 3. The number of allylic oxidation sites excluding steroid dienone is 12. The van der Waals surface area contributed by atoms with E-state index in [-0.39, 0.29) is 31.1 Å². The highest BCUT2D eigenvalue weighted by Gasteiger charge is 2.19. The van der Waals surface area contributed by atoms with Gasteiger partial charge in [-0.1, -0.05) is 229 Å². The maximum atomic E-state index is 12.8. The molecule has 0 saturated heterocycles. The third-order valence-corrected chi connectivity index (χ3v) is 11.5. The van der Waals surface area contributed by atoms with Crippen LogP contribution >= 0.6 is 0 Å². The molecule has 0 aliphatic carbocycles. The molecule has 0 saturated carbocycles. The molecule has 0 fully saturated rings. The minimum atomic E-state index is -0.789. The molecule has 0 aliphatic heterocycles. The first kappa shape index (κ1) is 60.9. The van der Waals surface area contributed by atoms with Crippen LogP contribution in [0.4, 0.5) is 0 Å². The zero-order valence-electron chi connectivity index (χ0n) is 42.0. The molecular formula is C58H100O6. The summed E-state index contributed by atoms with van der Waals surface area (Å²) in [5.41, 5.74) is 0. The van der Waals surface area contributed by atoms with E-state index in [0.717, 1.165) is 109 Å². The molecule has 0 aromatic carbocycles. The lowest BCUT2D eigenvalue weighted by atomic mass is 10.0. The Kier molecular flexibility index (Phi) is 49.9. The van der Waals surface area contributed by atoms with Gasteiger partial charge in [-0.25, -0.2) is 0 Å². The van der Waals surface area contributed by atoms with Gasteiger partial charge in [0.2, 0.25) is 0 Å². The van der Waals surface area contributed by atoms with Crippen LogP contribution in [0.1, 0.15) is 258 Å². The molecular weight excluding hydrogens is 793 g/mol. The van der Waals surface area contributed by atoms with E-state index in [1.165, 1.54) is 109 Å². The van der Waals surface area contributed by atoms with Gasteiger partial charge in [-0.3, -0.25) is 14.4 Å². The van der Waals surface area contributed by atoms with E-state index < -0.39 is 6.10 Å². The molecule has 0 aromatic rings. The van der Waals surface area contributed by atoms with Crippen molar-refractivity contribution >= 4 is 17.9 Å². The molecule has 0 aliphatic rings. The summed E-state index contributed by atoms with van der Waals surface area (Å²) in [6.07, 6.45) is 66.0. The Morgan fingerprint density at radius 3 is 0.969 bits per heavy atom. The first-order valence-corrected chi connectivity index (χ1v) is 26.9. The van der Waals surface area contributed by atoms with Crippen molar-refractivity contribution in [2.45, 2.75) is 264 Å².